The molecule has 4 rings (SSSR count). The Balaban J connectivity index is 1.61. The SMILES string of the molecule is O=C(C[C@H](Nc1ccc2ccccc2c1)c1ccncc1)c1ccc(Br)cc1. The van der Waals surface area contributed by atoms with Crippen molar-refractivity contribution in [3.8, 4) is 0 Å². The van der Waals surface area contributed by atoms with E-state index in [1.165, 1.54) is 10.8 Å². The molecule has 0 aliphatic rings. The van der Waals surface area contributed by atoms with Crippen LogP contribution in [0.3, 0.4) is 0 Å². The van der Waals surface area contributed by atoms with Crippen molar-refractivity contribution in [2.75, 3.05) is 5.32 Å². The molecular formula is C24H19BrN2O. The van der Waals surface area contributed by atoms with Crippen molar-refractivity contribution in [3.63, 3.8) is 0 Å². The molecule has 3 aromatic carbocycles. The molecule has 1 atom stereocenters. The van der Waals surface area contributed by atoms with E-state index in [9.17, 15) is 4.79 Å². The zero-order chi connectivity index (χ0) is 19.3. The normalized spacial score (nSPS) is 11.9. The first-order valence-corrected chi connectivity index (χ1v) is 9.92. The first-order valence-electron chi connectivity index (χ1n) is 9.13. The zero-order valence-electron chi connectivity index (χ0n) is 15.2. The summed E-state index contributed by atoms with van der Waals surface area (Å²) in [5, 5.41) is 5.90. The maximum Gasteiger partial charge on any atom is 0.165 e. The molecule has 138 valence electrons. The monoisotopic (exact) mass is 430 g/mol. The highest BCUT2D eigenvalue weighted by Crippen LogP contribution is 2.27. The van der Waals surface area contributed by atoms with Gasteiger partial charge in [0.1, 0.15) is 0 Å². The van der Waals surface area contributed by atoms with Crippen molar-refractivity contribution in [3.05, 3.63) is 107 Å². The van der Waals surface area contributed by atoms with E-state index >= 15 is 0 Å². The average molecular weight is 431 g/mol. The van der Waals surface area contributed by atoms with Gasteiger partial charge in [-0.25, -0.2) is 0 Å². The van der Waals surface area contributed by atoms with Crippen molar-refractivity contribution in [2.24, 2.45) is 0 Å². The summed E-state index contributed by atoms with van der Waals surface area (Å²) in [5.41, 5.74) is 2.74. The van der Waals surface area contributed by atoms with Gasteiger partial charge in [-0.05, 0) is 52.7 Å². The number of fused-ring (bicyclic) bond motifs is 1. The zero-order valence-corrected chi connectivity index (χ0v) is 16.8. The second-order valence-corrected chi connectivity index (χ2v) is 7.59. The highest BCUT2D eigenvalue weighted by molar-refractivity contribution is 9.10. The molecule has 0 amide bonds. The summed E-state index contributed by atoms with van der Waals surface area (Å²) < 4.78 is 0.962. The number of aromatic nitrogens is 1. The number of carbonyl (C=O) groups excluding carboxylic acids is 1. The van der Waals surface area contributed by atoms with Crippen LogP contribution in [0.15, 0.2) is 95.7 Å². The highest BCUT2D eigenvalue weighted by Gasteiger charge is 2.17. The second-order valence-electron chi connectivity index (χ2n) is 6.67. The Labute approximate surface area is 172 Å². The predicted octanol–water partition coefficient (Wildman–Crippen LogP) is 6.42. The number of benzene rings is 3. The fourth-order valence-corrected chi connectivity index (χ4v) is 3.53. The third-order valence-corrected chi connectivity index (χ3v) is 5.28. The smallest absolute Gasteiger partial charge is 0.165 e. The maximum atomic E-state index is 12.9. The van der Waals surface area contributed by atoms with Gasteiger partial charge in [0.25, 0.3) is 0 Å². The molecule has 0 unspecified atom stereocenters. The molecule has 4 aromatic rings. The number of nitrogens with one attached hydrogen (secondary N) is 1. The van der Waals surface area contributed by atoms with Crippen molar-refractivity contribution in [1.29, 1.82) is 0 Å². The molecule has 0 saturated heterocycles. The fourth-order valence-electron chi connectivity index (χ4n) is 3.27. The van der Waals surface area contributed by atoms with E-state index in [0.29, 0.717) is 12.0 Å². The summed E-state index contributed by atoms with van der Waals surface area (Å²) >= 11 is 3.42. The number of ketones is 1. The summed E-state index contributed by atoms with van der Waals surface area (Å²) in [5.74, 6) is 0.0996. The third kappa shape index (κ3) is 4.29. The molecule has 0 fully saturated rings. The largest absolute Gasteiger partial charge is 0.378 e. The summed E-state index contributed by atoms with van der Waals surface area (Å²) in [6, 6.07) is 25.8. The van der Waals surface area contributed by atoms with Crippen LogP contribution in [-0.4, -0.2) is 10.8 Å². The van der Waals surface area contributed by atoms with Crippen LogP contribution in [0.2, 0.25) is 0 Å². The van der Waals surface area contributed by atoms with Gasteiger partial charge < -0.3 is 5.32 Å². The fraction of sp³-hybridized carbons (Fsp3) is 0.0833. The van der Waals surface area contributed by atoms with Crippen LogP contribution in [0.25, 0.3) is 10.8 Å². The van der Waals surface area contributed by atoms with Gasteiger partial charge in [-0.2, -0.15) is 0 Å². The predicted molar refractivity (Wildman–Crippen MR) is 118 cm³/mol. The number of rotatable bonds is 6. The summed E-state index contributed by atoms with van der Waals surface area (Å²) in [7, 11) is 0. The van der Waals surface area contributed by atoms with Gasteiger partial charge in [-0.1, -0.05) is 58.4 Å². The van der Waals surface area contributed by atoms with Crippen LogP contribution in [-0.2, 0) is 0 Å². The van der Waals surface area contributed by atoms with Crippen LogP contribution in [0.5, 0.6) is 0 Å². The first kappa shape index (κ1) is 18.4. The number of hydrogen-bond acceptors (Lipinski definition) is 3. The molecule has 4 heteroatoms. The lowest BCUT2D eigenvalue weighted by molar-refractivity contribution is 0.0976. The number of carbonyl (C=O) groups is 1. The molecule has 28 heavy (non-hydrogen) atoms. The van der Waals surface area contributed by atoms with Crippen LogP contribution in [0, 0.1) is 0 Å². The van der Waals surface area contributed by atoms with Crippen molar-refractivity contribution >= 4 is 38.2 Å². The number of hydrogen-bond donors (Lipinski definition) is 1. The van der Waals surface area contributed by atoms with Crippen LogP contribution < -0.4 is 5.32 Å². The van der Waals surface area contributed by atoms with E-state index < -0.39 is 0 Å². The van der Waals surface area contributed by atoms with Gasteiger partial charge in [0.15, 0.2) is 5.78 Å². The van der Waals surface area contributed by atoms with E-state index in [-0.39, 0.29) is 11.8 Å². The number of pyridine rings is 1. The maximum absolute atomic E-state index is 12.9. The molecule has 1 aromatic heterocycles. The van der Waals surface area contributed by atoms with Gasteiger partial charge in [0.05, 0.1) is 6.04 Å². The minimum absolute atomic E-state index is 0.0996. The minimum atomic E-state index is -0.139. The highest BCUT2D eigenvalue weighted by atomic mass is 79.9. The molecule has 0 bridgehead atoms. The van der Waals surface area contributed by atoms with E-state index in [1.807, 2.05) is 48.5 Å². The third-order valence-electron chi connectivity index (χ3n) is 4.75. The van der Waals surface area contributed by atoms with Gasteiger partial charge in [0, 0.05) is 34.5 Å². The van der Waals surface area contributed by atoms with Crippen molar-refractivity contribution in [1.82, 2.24) is 4.98 Å². The lowest BCUT2D eigenvalue weighted by Crippen LogP contribution is -2.16. The van der Waals surface area contributed by atoms with Gasteiger partial charge in [-0.3, -0.25) is 9.78 Å². The Morgan fingerprint density at radius 1 is 0.893 bits per heavy atom. The first-order chi connectivity index (χ1) is 13.7. The topological polar surface area (TPSA) is 42.0 Å². The van der Waals surface area contributed by atoms with Crippen molar-refractivity contribution in [2.45, 2.75) is 12.5 Å². The molecule has 0 aliphatic heterocycles. The quantitative estimate of drug-likeness (QED) is 0.358. The molecular weight excluding hydrogens is 412 g/mol. The number of Topliss-reactive ketones (excluding diaryl/α,β-unsaturated/α-hetero) is 1. The number of halogens is 1. The van der Waals surface area contributed by atoms with Gasteiger partial charge >= 0.3 is 0 Å². The molecule has 3 nitrogen and oxygen atoms in total. The van der Waals surface area contributed by atoms with Gasteiger partial charge in [0.2, 0.25) is 0 Å². The number of anilines is 1. The lowest BCUT2D eigenvalue weighted by Gasteiger charge is -2.20. The minimum Gasteiger partial charge on any atom is -0.378 e. The van der Waals surface area contributed by atoms with E-state index in [4.69, 9.17) is 0 Å². The van der Waals surface area contributed by atoms with E-state index in [1.54, 1.807) is 12.4 Å². The molecule has 0 spiro atoms. The van der Waals surface area contributed by atoms with Crippen LogP contribution in [0.4, 0.5) is 5.69 Å². The summed E-state index contributed by atoms with van der Waals surface area (Å²) in [4.78, 5) is 17.0. The van der Waals surface area contributed by atoms with Crippen LogP contribution in [0.1, 0.15) is 28.4 Å². The van der Waals surface area contributed by atoms with Gasteiger partial charge in [-0.15, -0.1) is 0 Å². The summed E-state index contributed by atoms with van der Waals surface area (Å²) in [6.07, 6.45) is 3.88. The second kappa shape index (κ2) is 8.36. The molecule has 0 saturated carbocycles. The standard InChI is InChI=1S/C24H19BrN2O/c25-21-8-5-19(6-9-21)24(28)16-23(18-11-13-26-14-12-18)27-22-10-7-17-3-1-2-4-20(17)15-22/h1-15,23,27H,16H2/t23-/m0/s1. The molecule has 1 N–H and O–H groups in total. The molecule has 0 aliphatic carbocycles. The van der Waals surface area contributed by atoms with Crippen molar-refractivity contribution < 1.29 is 4.79 Å². The Kier molecular flexibility index (Phi) is 5.49. The summed E-state index contributed by atoms with van der Waals surface area (Å²) in [6.45, 7) is 0. The van der Waals surface area contributed by atoms with E-state index in [2.05, 4.69) is 56.6 Å². The molecule has 0 radical (unpaired) electrons. The Bertz CT molecular complexity index is 1090. The Morgan fingerprint density at radius 3 is 2.36 bits per heavy atom. The van der Waals surface area contributed by atoms with E-state index in [0.717, 1.165) is 15.7 Å². The molecule has 1 heterocycles. The number of nitrogens with zero attached hydrogens (tertiary/aromatic N) is 1. The Hall–Kier alpha value is -2.98. The Morgan fingerprint density at radius 2 is 1.61 bits per heavy atom. The lowest BCUT2D eigenvalue weighted by atomic mass is 9.98. The average Bonchev–Trinajstić information content (AvgIpc) is 2.74. The van der Waals surface area contributed by atoms with Crippen LogP contribution >= 0.6 is 15.9 Å².